The van der Waals surface area contributed by atoms with E-state index >= 15 is 0 Å². The van der Waals surface area contributed by atoms with Crippen molar-refractivity contribution >= 4 is 23.1 Å². The van der Waals surface area contributed by atoms with Crippen molar-refractivity contribution < 1.29 is 9.53 Å². The first-order valence-electron chi connectivity index (χ1n) is 7.53. The van der Waals surface area contributed by atoms with Gasteiger partial charge in [-0.3, -0.25) is 4.79 Å². The summed E-state index contributed by atoms with van der Waals surface area (Å²) < 4.78 is 5.99. The third kappa shape index (κ3) is 2.26. The Morgan fingerprint density at radius 1 is 1.08 bits per heavy atom. The molecule has 0 N–H and O–H groups in total. The molecule has 1 aliphatic carbocycles. The second kappa shape index (κ2) is 5.66. The molecule has 2 aliphatic rings. The van der Waals surface area contributed by atoms with Crippen molar-refractivity contribution in [1.29, 1.82) is 10.5 Å². The highest BCUT2D eigenvalue weighted by Gasteiger charge is 2.37. The maximum atomic E-state index is 12.9. The van der Waals surface area contributed by atoms with Crippen LogP contribution >= 0.6 is 11.8 Å². The van der Waals surface area contributed by atoms with Crippen molar-refractivity contribution in [2.24, 2.45) is 0 Å². The summed E-state index contributed by atoms with van der Waals surface area (Å²) >= 11 is 1.32. The molecule has 0 radical (unpaired) electrons. The van der Waals surface area contributed by atoms with E-state index in [4.69, 9.17) is 4.74 Å². The Morgan fingerprint density at radius 3 is 2.52 bits per heavy atom. The fraction of sp³-hybridized carbons (Fsp3) is 0.0500. The molecule has 0 saturated heterocycles. The summed E-state index contributed by atoms with van der Waals surface area (Å²) in [7, 11) is 0. The number of carbonyl (C=O) groups is 1. The molecule has 1 heterocycles. The van der Waals surface area contributed by atoms with E-state index < -0.39 is 0 Å². The molecule has 2 aromatic carbocycles. The van der Waals surface area contributed by atoms with Gasteiger partial charge in [0.25, 0.3) is 0 Å². The average Bonchev–Trinajstić information content (AvgIpc) is 2.64. The number of rotatable bonds is 0. The number of allylic oxidation sites excluding steroid dienone is 3. The van der Waals surface area contributed by atoms with E-state index in [2.05, 4.69) is 0 Å². The van der Waals surface area contributed by atoms with Crippen molar-refractivity contribution in [1.82, 2.24) is 0 Å². The first-order valence-corrected chi connectivity index (χ1v) is 8.35. The zero-order valence-corrected chi connectivity index (χ0v) is 14.0. The molecule has 0 bridgehead atoms. The number of nitrogens with zero attached hydrogens (tertiary/aromatic N) is 2. The Balaban J connectivity index is 2.01. The van der Waals surface area contributed by atoms with Crippen LogP contribution in [0.25, 0.3) is 5.57 Å². The van der Waals surface area contributed by atoms with Crippen molar-refractivity contribution in [3.05, 3.63) is 75.4 Å². The molecule has 0 fully saturated rings. The van der Waals surface area contributed by atoms with E-state index in [0.29, 0.717) is 33.1 Å². The number of carbonyl (C=O) groups excluding carboxylic acids is 1. The number of fused-ring (bicyclic) bond motifs is 2. The van der Waals surface area contributed by atoms with Gasteiger partial charge in [-0.25, -0.2) is 0 Å². The van der Waals surface area contributed by atoms with Crippen molar-refractivity contribution in [3.63, 3.8) is 0 Å². The van der Waals surface area contributed by atoms with Crippen LogP contribution in [0.4, 0.5) is 0 Å². The maximum Gasteiger partial charge on any atom is 0.204 e. The van der Waals surface area contributed by atoms with E-state index in [1.807, 2.05) is 37.3 Å². The van der Waals surface area contributed by atoms with Gasteiger partial charge in [-0.2, -0.15) is 10.5 Å². The normalized spacial score (nSPS) is 14.5. The van der Waals surface area contributed by atoms with Crippen LogP contribution in [0.2, 0.25) is 0 Å². The van der Waals surface area contributed by atoms with Gasteiger partial charge in [0, 0.05) is 5.56 Å². The molecule has 25 heavy (non-hydrogen) atoms. The summed E-state index contributed by atoms with van der Waals surface area (Å²) in [6, 6.07) is 16.6. The number of ether oxygens (including phenoxy) is 1. The SMILES string of the molecule is Cc1ccc2c(c1)SC1=C(O2)C(=C(C#N)C#N)c2ccccc2C1=O. The van der Waals surface area contributed by atoms with Crippen molar-refractivity contribution in [3.8, 4) is 17.9 Å². The van der Waals surface area contributed by atoms with E-state index in [1.165, 1.54) is 11.8 Å². The monoisotopic (exact) mass is 342 g/mol. The summed E-state index contributed by atoms with van der Waals surface area (Å²) in [6.07, 6.45) is 0. The van der Waals surface area contributed by atoms with Gasteiger partial charge in [0.05, 0.1) is 10.5 Å². The molecule has 0 unspecified atom stereocenters. The zero-order chi connectivity index (χ0) is 17.6. The van der Waals surface area contributed by atoms with Crippen LogP contribution in [-0.2, 0) is 0 Å². The Hall–Kier alpha value is -3.28. The molecular formula is C20H10N2O2S. The van der Waals surface area contributed by atoms with Crippen LogP contribution in [0, 0.1) is 29.6 Å². The summed E-state index contributed by atoms with van der Waals surface area (Å²) in [5.74, 6) is 0.763. The molecule has 2 aromatic rings. The molecule has 0 saturated carbocycles. The van der Waals surface area contributed by atoms with Gasteiger partial charge in [-0.15, -0.1) is 0 Å². The Morgan fingerprint density at radius 2 is 1.80 bits per heavy atom. The molecule has 0 aromatic heterocycles. The van der Waals surface area contributed by atoms with Crippen LogP contribution in [0.3, 0.4) is 0 Å². The van der Waals surface area contributed by atoms with E-state index in [9.17, 15) is 15.3 Å². The Labute approximate surface area is 148 Å². The lowest BCUT2D eigenvalue weighted by atomic mass is 9.87. The quantitative estimate of drug-likeness (QED) is 0.664. The zero-order valence-electron chi connectivity index (χ0n) is 13.2. The fourth-order valence-electron chi connectivity index (χ4n) is 2.93. The van der Waals surface area contributed by atoms with Gasteiger partial charge < -0.3 is 4.74 Å². The highest BCUT2D eigenvalue weighted by atomic mass is 32.2. The lowest BCUT2D eigenvalue weighted by molar-refractivity contribution is 0.103. The Kier molecular flexibility index (Phi) is 3.46. The van der Waals surface area contributed by atoms with Gasteiger partial charge in [0.15, 0.2) is 5.76 Å². The number of aryl methyl sites for hydroxylation is 1. The van der Waals surface area contributed by atoms with E-state index in [0.717, 1.165) is 10.5 Å². The Bertz CT molecular complexity index is 1080. The predicted octanol–water partition coefficient (Wildman–Crippen LogP) is 4.39. The van der Waals surface area contributed by atoms with Gasteiger partial charge >= 0.3 is 0 Å². The molecule has 118 valence electrons. The lowest BCUT2D eigenvalue weighted by Gasteiger charge is -2.28. The molecule has 4 nitrogen and oxygen atoms in total. The van der Waals surface area contributed by atoms with E-state index in [1.54, 1.807) is 24.3 Å². The topological polar surface area (TPSA) is 73.9 Å². The highest BCUT2D eigenvalue weighted by Crippen LogP contribution is 2.50. The first-order chi connectivity index (χ1) is 12.1. The second-order valence-electron chi connectivity index (χ2n) is 5.66. The summed E-state index contributed by atoms with van der Waals surface area (Å²) in [5, 5.41) is 18.8. The first kappa shape index (κ1) is 15.3. The number of ketones is 1. The molecule has 0 amide bonds. The molecular weight excluding hydrogens is 332 g/mol. The minimum Gasteiger partial charge on any atom is -0.454 e. The molecule has 1 aliphatic heterocycles. The van der Waals surface area contributed by atoms with Gasteiger partial charge in [0.1, 0.15) is 28.4 Å². The van der Waals surface area contributed by atoms with Crippen molar-refractivity contribution in [2.75, 3.05) is 0 Å². The number of thioether (sulfide) groups is 1. The van der Waals surface area contributed by atoms with Crippen LogP contribution in [0.5, 0.6) is 5.75 Å². The van der Waals surface area contributed by atoms with Gasteiger partial charge in [-0.05, 0) is 30.2 Å². The number of hydrogen-bond acceptors (Lipinski definition) is 5. The number of nitriles is 2. The minimum atomic E-state index is -0.151. The third-order valence-electron chi connectivity index (χ3n) is 4.08. The highest BCUT2D eigenvalue weighted by molar-refractivity contribution is 8.04. The largest absolute Gasteiger partial charge is 0.454 e. The van der Waals surface area contributed by atoms with Crippen LogP contribution in [-0.4, -0.2) is 5.78 Å². The minimum absolute atomic E-state index is 0.0661. The second-order valence-corrected chi connectivity index (χ2v) is 6.71. The smallest absolute Gasteiger partial charge is 0.204 e. The summed E-state index contributed by atoms with van der Waals surface area (Å²) in [5.41, 5.74) is 2.41. The third-order valence-corrected chi connectivity index (χ3v) is 5.19. The summed E-state index contributed by atoms with van der Waals surface area (Å²) in [6.45, 7) is 1.97. The molecule has 0 atom stereocenters. The summed E-state index contributed by atoms with van der Waals surface area (Å²) in [4.78, 5) is 14.2. The molecule has 4 rings (SSSR count). The van der Waals surface area contributed by atoms with Crippen LogP contribution in [0.15, 0.2) is 63.6 Å². The number of benzene rings is 2. The lowest BCUT2D eigenvalue weighted by Crippen LogP contribution is -2.20. The number of hydrogen-bond donors (Lipinski definition) is 0. The maximum absolute atomic E-state index is 12.9. The van der Waals surface area contributed by atoms with E-state index in [-0.39, 0.29) is 11.4 Å². The standard InChI is InChI=1S/C20H10N2O2S/c1-11-6-7-15-16(8-11)25-20-18(23)14-5-3-2-4-13(14)17(19(20)24-15)12(9-21)10-22/h2-8H,1H3. The predicted molar refractivity (Wildman–Crippen MR) is 93.6 cm³/mol. The van der Waals surface area contributed by atoms with Crippen LogP contribution < -0.4 is 4.74 Å². The average molecular weight is 342 g/mol. The van der Waals surface area contributed by atoms with Gasteiger partial charge in [0.2, 0.25) is 5.78 Å². The molecule has 0 spiro atoms. The fourth-order valence-corrected chi connectivity index (χ4v) is 4.05. The number of Topliss-reactive ketones (excluding diaryl/α,β-unsaturated/α-hetero) is 1. The van der Waals surface area contributed by atoms with Crippen LogP contribution in [0.1, 0.15) is 21.5 Å². The van der Waals surface area contributed by atoms with Crippen molar-refractivity contribution in [2.45, 2.75) is 11.8 Å². The molecule has 5 heteroatoms. The van der Waals surface area contributed by atoms with Gasteiger partial charge in [-0.1, -0.05) is 42.1 Å².